The van der Waals surface area contributed by atoms with E-state index in [2.05, 4.69) is 5.32 Å². The lowest BCUT2D eigenvalue weighted by atomic mass is 10.2. The Hall–Kier alpha value is -1.75. The predicted molar refractivity (Wildman–Crippen MR) is 72.6 cm³/mol. The number of methoxy groups -OCH3 is 2. The van der Waals surface area contributed by atoms with Gasteiger partial charge in [0.25, 0.3) is 0 Å². The van der Waals surface area contributed by atoms with Crippen LogP contribution in [0.4, 0.5) is 0 Å². The number of nitrogens with one attached hydrogen (secondary N) is 1. The van der Waals surface area contributed by atoms with Gasteiger partial charge in [0.05, 0.1) is 20.8 Å². The van der Waals surface area contributed by atoms with Gasteiger partial charge in [0.2, 0.25) is 0 Å². The first-order valence-corrected chi connectivity index (χ1v) is 6.29. The second-order valence-electron chi connectivity index (χ2n) is 3.95. The van der Waals surface area contributed by atoms with Crippen molar-refractivity contribution in [1.29, 1.82) is 0 Å². The second-order valence-corrected chi connectivity index (χ2v) is 3.95. The molecule has 0 aromatic heterocycles. The Bertz CT molecular complexity index is 395. The highest BCUT2D eigenvalue weighted by Gasteiger charge is 2.17. The van der Waals surface area contributed by atoms with Crippen molar-refractivity contribution in [2.45, 2.75) is 19.4 Å². The summed E-state index contributed by atoms with van der Waals surface area (Å²) in [4.78, 5) is 11.5. The Balaban J connectivity index is 2.44. The van der Waals surface area contributed by atoms with Gasteiger partial charge in [-0.2, -0.15) is 0 Å². The number of hydrogen-bond donors (Lipinski definition) is 1. The van der Waals surface area contributed by atoms with Crippen molar-refractivity contribution in [3.05, 3.63) is 24.3 Å². The van der Waals surface area contributed by atoms with Gasteiger partial charge >= 0.3 is 5.97 Å². The maximum absolute atomic E-state index is 11.5. The van der Waals surface area contributed by atoms with Crippen molar-refractivity contribution in [2.24, 2.45) is 0 Å². The molecule has 0 spiro atoms. The molecule has 5 heteroatoms. The van der Waals surface area contributed by atoms with Crippen molar-refractivity contribution in [1.82, 2.24) is 5.32 Å². The van der Waals surface area contributed by atoms with E-state index in [1.807, 2.05) is 25.1 Å². The van der Waals surface area contributed by atoms with Crippen LogP contribution in [0.25, 0.3) is 0 Å². The summed E-state index contributed by atoms with van der Waals surface area (Å²) in [5, 5.41) is 3.06. The molecule has 0 aliphatic rings. The van der Waals surface area contributed by atoms with E-state index < -0.39 is 0 Å². The average Bonchev–Trinajstić information content (AvgIpc) is 2.45. The number of esters is 1. The highest BCUT2D eigenvalue weighted by molar-refractivity contribution is 5.75. The minimum absolute atomic E-state index is 0.268. The Kier molecular flexibility index (Phi) is 6.74. The number of carbonyl (C=O) groups excluding carboxylic acids is 1. The van der Waals surface area contributed by atoms with Gasteiger partial charge in [-0.15, -0.1) is 0 Å². The summed E-state index contributed by atoms with van der Waals surface area (Å²) in [6.45, 7) is 3.08. The maximum Gasteiger partial charge on any atom is 0.322 e. The van der Waals surface area contributed by atoms with Crippen molar-refractivity contribution >= 4 is 5.97 Å². The minimum atomic E-state index is -0.333. The second kappa shape index (κ2) is 8.37. The van der Waals surface area contributed by atoms with Crippen LogP contribution in [0.1, 0.15) is 13.3 Å². The number of rotatable bonds is 8. The standard InChI is InChI=1S/C14H21NO4/c1-4-15-13(14(16)18-3)8-9-19-12-7-5-6-11(10-12)17-2/h5-7,10,13,15H,4,8-9H2,1-3H3. The molecular weight excluding hydrogens is 246 g/mol. The summed E-state index contributed by atoms with van der Waals surface area (Å²) in [5.41, 5.74) is 0. The lowest BCUT2D eigenvalue weighted by Crippen LogP contribution is -2.38. The number of likely N-dealkylation sites (N-methyl/N-ethyl adjacent to an activating group) is 1. The number of hydrogen-bond acceptors (Lipinski definition) is 5. The lowest BCUT2D eigenvalue weighted by molar-refractivity contribution is -0.143. The molecule has 0 aliphatic heterocycles. The lowest BCUT2D eigenvalue weighted by Gasteiger charge is -2.15. The number of carbonyl (C=O) groups is 1. The Labute approximate surface area is 113 Å². The van der Waals surface area contributed by atoms with E-state index in [4.69, 9.17) is 14.2 Å². The molecule has 1 atom stereocenters. The average molecular weight is 267 g/mol. The maximum atomic E-state index is 11.5. The van der Waals surface area contributed by atoms with Gasteiger partial charge in [-0.1, -0.05) is 13.0 Å². The zero-order valence-electron chi connectivity index (χ0n) is 11.6. The van der Waals surface area contributed by atoms with Crippen LogP contribution in [0.5, 0.6) is 11.5 Å². The molecule has 0 heterocycles. The van der Waals surface area contributed by atoms with Gasteiger partial charge in [0.15, 0.2) is 0 Å². The fraction of sp³-hybridized carbons (Fsp3) is 0.500. The molecule has 1 aromatic carbocycles. The molecule has 1 unspecified atom stereocenters. The molecule has 0 saturated heterocycles. The molecule has 5 nitrogen and oxygen atoms in total. The number of benzene rings is 1. The van der Waals surface area contributed by atoms with Crippen molar-refractivity contribution in [3.63, 3.8) is 0 Å². The molecule has 106 valence electrons. The van der Waals surface area contributed by atoms with E-state index in [-0.39, 0.29) is 12.0 Å². The topological polar surface area (TPSA) is 56.8 Å². The van der Waals surface area contributed by atoms with Crippen LogP contribution in [-0.4, -0.2) is 39.4 Å². The van der Waals surface area contributed by atoms with Crippen molar-refractivity contribution in [2.75, 3.05) is 27.4 Å². The van der Waals surface area contributed by atoms with E-state index in [0.717, 1.165) is 11.5 Å². The molecule has 0 bridgehead atoms. The molecule has 0 amide bonds. The molecule has 19 heavy (non-hydrogen) atoms. The summed E-state index contributed by atoms with van der Waals surface area (Å²) in [7, 11) is 2.99. The van der Waals surface area contributed by atoms with Crippen LogP contribution >= 0.6 is 0 Å². The van der Waals surface area contributed by atoms with E-state index >= 15 is 0 Å². The SMILES string of the molecule is CCNC(CCOc1cccc(OC)c1)C(=O)OC. The zero-order chi connectivity index (χ0) is 14.1. The minimum Gasteiger partial charge on any atom is -0.497 e. The van der Waals surface area contributed by atoms with Crippen molar-refractivity contribution in [3.8, 4) is 11.5 Å². The van der Waals surface area contributed by atoms with Gasteiger partial charge in [-0.05, 0) is 18.7 Å². The van der Waals surface area contributed by atoms with Crippen LogP contribution in [0.2, 0.25) is 0 Å². The Morgan fingerprint density at radius 3 is 2.68 bits per heavy atom. The normalized spacial score (nSPS) is 11.7. The van der Waals surface area contributed by atoms with Gasteiger partial charge in [-0.3, -0.25) is 4.79 Å². The molecule has 1 aromatic rings. The highest BCUT2D eigenvalue weighted by atomic mass is 16.5. The summed E-state index contributed by atoms with van der Waals surface area (Å²) < 4.78 is 15.4. The molecule has 1 N–H and O–H groups in total. The largest absolute Gasteiger partial charge is 0.497 e. The van der Waals surface area contributed by atoms with E-state index in [9.17, 15) is 4.79 Å². The summed E-state index contributed by atoms with van der Waals surface area (Å²) in [6.07, 6.45) is 0.553. The summed E-state index contributed by atoms with van der Waals surface area (Å²) in [5.74, 6) is 1.20. The third kappa shape index (κ3) is 5.18. The molecule has 1 rings (SSSR count). The predicted octanol–water partition coefficient (Wildman–Crippen LogP) is 1.62. The van der Waals surface area contributed by atoms with E-state index in [1.54, 1.807) is 13.2 Å². The summed E-state index contributed by atoms with van der Waals surface area (Å²) in [6, 6.07) is 7.03. The third-order valence-electron chi connectivity index (χ3n) is 2.65. The van der Waals surface area contributed by atoms with Crippen LogP contribution in [0.15, 0.2) is 24.3 Å². The van der Waals surface area contributed by atoms with Crippen LogP contribution in [0, 0.1) is 0 Å². The van der Waals surface area contributed by atoms with Gasteiger partial charge in [0.1, 0.15) is 17.5 Å². The Morgan fingerprint density at radius 2 is 2.05 bits per heavy atom. The first kappa shape index (κ1) is 15.3. The first-order valence-electron chi connectivity index (χ1n) is 6.29. The molecule has 0 radical (unpaired) electrons. The fourth-order valence-corrected chi connectivity index (χ4v) is 1.68. The van der Waals surface area contributed by atoms with E-state index in [0.29, 0.717) is 19.6 Å². The monoisotopic (exact) mass is 267 g/mol. The van der Waals surface area contributed by atoms with Gasteiger partial charge in [-0.25, -0.2) is 0 Å². The molecule has 0 aliphatic carbocycles. The highest BCUT2D eigenvalue weighted by Crippen LogP contribution is 2.19. The van der Waals surface area contributed by atoms with Gasteiger partial charge in [0, 0.05) is 12.5 Å². The summed E-state index contributed by atoms with van der Waals surface area (Å²) >= 11 is 0. The number of ether oxygens (including phenoxy) is 3. The molecular formula is C14H21NO4. The Morgan fingerprint density at radius 1 is 1.32 bits per heavy atom. The van der Waals surface area contributed by atoms with Gasteiger partial charge < -0.3 is 19.5 Å². The first-order chi connectivity index (χ1) is 9.21. The third-order valence-corrected chi connectivity index (χ3v) is 2.65. The zero-order valence-corrected chi connectivity index (χ0v) is 11.6. The quantitative estimate of drug-likeness (QED) is 0.725. The molecule has 0 saturated carbocycles. The van der Waals surface area contributed by atoms with E-state index in [1.165, 1.54) is 7.11 Å². The van der Waals surface area contributed by atoms with Crippen LogP contribution in [-0.2, 0) is 9.53 Å². The fourth-order valence-electron chi connectivity index (χ4n) is 1.68. The van der Waals surface area contributed by atoms with Crippen LogP contribution in [0.3, 0.4) is 0 Å². The van der Waals surface area contributed by atoms with Crippen molar-refractivity contribution < 1.29 is 19.0 Å². The smallest absolute Gasteiger partial charge is 0.322 e. The molecule has 0 fully saturated rings. The van der Waals surface area contributed by atoms with Crippen LogP contribution < -0.4 is 14.8 Å².